The first-order valence-corrected chi connectivity index (χ1v) is 4.67. The Morgan fingerprint density at radius 2 is 2.13 bits per heavy atom. The molecule has 0 aliphatic heterocycles. The van der Waals surface area contributed by atoms with E-state index in [9.17, 15) is 4.79 Å². The van der Waals surface area contributed by atoms with E-state index in [1.807, 2.05) is 6.92 Å². The number of benzene rings is 1. The second-order valence-electron chi connectivity index (χ2n) is 3.35. The molecule has 0 fully saturated rings. The number of hydrogen-bond acceptors (Lipinski definition) is 3. The van der Waals surface area contributed by atoms with Crippen molar-refractivity contribution in [3.63, 3.8) is 0 Å². The molecule has 0 bridgehead atoms. The van der Waals surface area contributed by atoms with Gasteiger partial charge >= 0.3 is 0 Å². The van der Waals surface area contributed by atoms with Gasteiger partial charge in [-0.05, 0) is 31.2 Å². The van der Waals surface area contributed by atoms with E-state index in [2.05, 4.69) is 11.4 Å². The first-order chi connectivity index (χ1) is 7.13. The highest BCUT2D eigenvalue weighted by molar-refractivity contribution is 5.93. The van der Waals surface area contributed by atoms with Gasteiger partial charge in [-0.2, -0.15) is 5.26 Å². The van der Waals surface area contributed by atoms with Crippen LogP contribution in [0.15, 0.2) is 24.3 Å². The molecule has 0 radical (unpaired) electrons. The molecule has 1 unspecified atom stereocenters. The van der Waals surface area contributed by atoms with Crippen molar-refractivity contribution in [1.82, 2.24) is 0 Å². The number of nitrogens with two attached hydrogens (primary N) is 1. The molecule has 0 aromatic heterocycles. The number of amides is 1. The zero-order valence-electron chi connectivity index (χ0n) is 8.53. The maximum atomic E-state index is 10.8. The predicted octanol–water partition coefficient (Wildman–Crippen LogP) is 1.36. The number of hydrogen-bond donors (Lipinski definition) is 2. The molecule has 1 aromatic carbocycles. The van der Waals surface area contributed by atoms with Gasteiger partial charge in [-0.15, -0.1) is 0 Å². The Labute approximate surface area is 88.7 Å². The van der Waals surface area contributed by atoms with Gasteiger partial charge in [0, 0.05) is 17.8 Å². The first-order valence-electron chi connectivity index (χ1n) is 4.67. The first kappa shape index (κ1) is 11.1. The molecule has 4 nitrogen and oxygen atoms in total. The van der Waals surface area contributed by atoms with Crippen LogP contribution >= 0.6 is 0 Å². The third-order valence-corrected chi connectivity index (χ3v) is 2.00. The van der Waals surface area contributed by atoms with E-state index in [1.165, 1.54) is 0 Å². The van der Waals surface area contributed by atoms with Gasteiger partial charge in [0.15, 0.2) is 0 Å². The summed E-state index contributed by atoms with van der Waals surface area (Å²) in [5.41, 5.74) is 6.46. The van der Waals surface area contributed by atoms with E-state index < -0.39 is 5.91 Å². The number of carbonyl (C=O) groups excluding carboxylic acids is 1. The van der Waals surface area contributed by atoms with E-state index in [0.29, 0.717) is 12.1 Å². The van der Waals surface area contributed by atoms with Crippen LogP contribution in [0.1, 0.15) is 17.3 Å². The van der Waals surface area contributed by atoms with E-state index in [1.54, 1.807) is 24.3 Å². The molecule has 78 valence electrons. The van der Waals surface area contributed by atoms with Crippen molar-refractivity contribution < 1.29 is 4.79 Å². The third-order valence-electron chi connectivity index (χ3n) is 2.00. The van der Waals surface area contributed by atoms with Crippen molar-refractivity contribution in [1.29, 1.82) is 5.26 Å². The fraction of sp³-hybridized carbons (Fsp3) is 0.273. The van der Waals surface area contributed by atoms with Gasteiger partial charge in [0.1, 0.15) is 0 Å². The molecule has 15 heavy (non-hydrogen) atoms. The van der Waals surface area contributed by atoms with Crippen LogP contribution in [0.25, 0.3) is 0 Å². The molecule has 0 saturated heterocycles. The Bertz CT molecular complexity index is 378. The topological polar surface area (TPSA) is 78.9 Å². The largest absolute Gasteiger partial charge is 0.384 e. The van der Waals surface area contributed by atoms with E-state index in [-0.39, 0.29) is 5.92 Å². The second-order valence-corrected chi connectivity index (χ2v) is 3.35. The smallest absolute Gasteiger partial charge is 0.248 e. The molecular formula is C11H13N3O. The minimum absolute atomic E-state index is 0.0409. The van der Waals surface area contributed by atoms with Gasteiger partial charge in [-0.3, -0.25) is 4.79 Å². The maximum Gasteiger partial charge on any atom is 0.248 e. The molecule has 1 atom stereocenters. The van der Waals surface area contributed by atoms with Gasteiger partial charge in [-0.25, -0.2) is 0 Å². The van der Waals surface area contributed by atoms with Crippen molar-refractivity contribution >= 4 is 11.6 Å². The van der Waals surface area contributed by atoms with E-state index in [0.717, 1.165) is 5.69 Å². The molecule has 0 heterocycles. The lowest BCUT2D eigenvalue weighted by Gasteiger charge is -2.07. The average Bonchev–Trinajstić information content (AvgIpc) is 2.26. The van der Waals surface area contributed by atoms with Crippen molar-refractivity contribution in [3.05, 3.63) is 29.8 Å². The Kier molecular flexibility index (Phi) is 3.69. The van der Waals surface area contributed by atoms with Gasteiger partial charge in [0.05, 0.1) is 12.0 Å². The summed E-state index contributed by atoms with van der Waals surface area (Å²) in [6.07, 6.45) is 0. The molecule has 1 amide bonds. The Balaban J connectivity index is 2.58. The zero-order chi connectivity index (χ0) is 11.3. The van der Waals surface area contributed by atoms with Crippen LogP contribution in [0, 0.1) is 17.2 Å². The summed E-state index contributed by atoms with van der Waals surface area (Å²) in [4.78, 5) is 10.8. The fourth-order valence-electron chi connectivity index (χ4n) is 1.07. The minimum atomic E-state index is -0.438. The lowest BCUT2D eigenvalue weighted by atomic mass is 10.2. The highest BCUT2D eigenvalue weighted by Gasteiger charge is 2.01. The van der Waals surface area contributed by atoms with Crippen LogP contribution in [0.3, 0.4) is 0 Å². The molecule has 1 rings (SSSR count). The number of nitrogens with one attached hydrogen (secondary N) is 1. The summed E-state index contributed by atoms with van der Waals surface area (Å²) in [5.74, 6) is -0.479. The third kappa shape index (κ3) is 3.31. The summed E-state index contributed by atoms with van der Waals surface area (Å²) in [6.45, 7) is 2.43. The van der Waals surface area contributed by atoms with Gasteiger partial charge in [0.2, 0.25) is 5.91 Å². The highest BCUT2D eigenvalue weighted by Crippen LogP contribution is 2.09. The minimum Gasteiger partial charge on any atom is -0.384 e. The maximum absolute atomic E-state index is 10.8. The second kappa shape index (κ2) is 5.01. The molecular weight excluding hydrogens is 190 g/mol. The monoisotopic (exact) mass is 203 g/mol. The van der Waals surface area contributed by atoms with Crippen molar-refractivity contribution in [2.24, 2.45) is 11.7 Å². The summed E-state index contributed by atoms with van der Waals surface area (Å²) in [7, 11) is 0. The molecule has 0 saturated carbocycles. The lowest BCUT2D eigenvalue weighted by Crippen LogP contribution is -2.12. The standard InChI is InChI=1S/C11H13N3O/c1-8(6-12)7-14-10-4-2-9(3-5-10)11(13)15/h2-5,8,14H,7H2,1H3,(H2,13,15). The Morgan fingerprint density at radius 3 is 2.60 bits per heavy atom. The Morgan fingerprint density at radius 1 is 1.53 bits per heavy atom. The number of carbonyl (C=O) groups is 1. The number of anilines is 1. The SMILES string of the molecule is CC(C#N)CNc1ccc(C(N)=O)cc1. The van der Waals surface area contributed by atoms with Crippen molar-refractivity contribution in [3.8, 4) is 6.07 Å². The normalized spacial score (nSPS) is 11.5. The summed E-state index contributed by atoms with van der Waals surface area (Å²) >= 11 is 0. The molecule has 4 heteroatoms. The van der Waals surface area contributed by atoms with Crippen molar-refractivity contribution in [2.45, 2.75) is 6.92 Å². The summed E-state index contributed by atoms with van der Waals surface area (Å²) in [6, 6.07) is 8.97. The fourth-order valence-corrected chi connectivity index (χ4v) is 1.07. The summed E-state index contributed by atoms with van der Waals surface area (Å²) < 4.78 is 0. The Hall–Kier alpha value is -2.02. The van der Waals surface area contributed by atoms with E-state index in [4.69, 9.17) is 11.0 Å². The van der Waals surface area contributed by atoms with Crippen LogP contribution < -0.4 is 11.1 Å². The zero-order valence-corrected chi connectivity index (χ0v) is 8.53. The van der Waals surface area contributed by atoms with Crippen LogP contribution in [0.2, 0.25) is 0 Å². The highest BCUT2D eigenvalue weighted by atomic mass is 16.1. The van der Waals surface area contributed by atoms with Gasteiger partial charge < -0.3 is 11.1 Å². The van der Waals surface area contributed by atoms with Crippen LogP contribution in [-0.2, 0) is 0 Å². The number of rotatable bonds is 4. The number of nitrogens with zero attached hydrogens (tertiary/aromatic N) is 1. The average molecular weight is 203 g/mol. The van der Waals surface area contributed by atoms with Gasteiger partial charge in [-0.1, -0.05) is 0 Å². The molecule has 0 spiro atoms. The summed E-state index contributed by atoms with van der Waals surface area (Å²) in [5, 5.41) is 11.7. The molecule has 0 aliphatic carbocycles. The molecule has 0 aliphatic rings. The number of primary amides is 1. The molecule has 3 N–H and O–H groups in total. The quantitative estimate of drug-likeness (QED) is 0.775. The van der Waals surface area contributed by atoms with Crippen molar-refractivity contribution in [2.75, 3.05) is 11.9 Å². The molecule has 1 aromatic rings. The predicted molar refractivity (Wildman–Crippen MR) is 58.2 cm³/mol. The van der Waals surface area contributed by atoms with Gasteiger partial charge in [0.25, 0.3) is 0 Å². The van der Waals surface area contributed by atoms with Crippen LogP contribution in [0.5, 0.6) is 0 Å². The van der Waals surface area contributed by atoms with Crippen LogP contribution in [-0.4, -0.2) is 12.5 Å². The van der Waals surface area contributed by atoms with Crippen LogP contribution in [0.4, 0.5) is 5.69 Å². The number of nitriles is 1. The van der Waals surface area contributed by atoms with E-state index >= 15 is 0 Å². The lowest BCUT2D eigenvalue weighted by molar-refractivity contribution is 0.100.